The highest BCUT2D eigenvalue weighted by atomic mass is 16.3. The lowest BCUT2D eigenvalue weighted by atomic mass is 10.0. The van der Waals surface area contributed by atoms with Crippen molar-refractivity contribution in [3.63, 3.8) is 0 Å². The maximum atomic E-state index is 12.0. The minimum atomic E-state index is -0.172. The molecule has 0 fully saturated rings. The molecule has 1 aromatic heterocycles. The average Bonchev–Trinajstić information content (AvgIpc) is 2.92. The first-order chi connectivity index (χ1) is 10.3. The van der Waals surface area contributed by atoms with Gasteiger partial charge in [-0.25, -0.2) is 0 Å². The summed E-state index contributed by atoms with van der Waals surface area (Å²) in [6, 6.07) is 18.1. The number of carbonyl (C=O) groups excluding carboxylic acids is 1. The van der Waals surface area contributed by atoms with Crippen LogP contribution in [-0.4, -0.2) is 13.0 Å². The van der Waals surface area contributed by atoms with E-state index in [4.69, 9.17) is 4.42 Å². The molecule has 1 N–H and O–H groups in total. The van der Waals surface area contributed by atoms with E-state index in [1.807, 2.05) is 42.5 Å². The smallest absolute Gasteiger partial charge is 0.287 e. The fourth-order valence-corrected chi connectivity index (χ4v) is 2.56. The summed E-state index contributed by atoms with van der Waals surface area (Å²) < 4.78 is 5.73. The predicted octanol–water partition coefficient (Wildman–Crippen LogP) is 3.58. The Morgan fingerprint density at radius 1 is 1.00 bits per heavy atom. The molecule has 0 saturated heterocycles. The Kier molecular flexibility index (Phi) is 3.73. The fourth-order valence-electron chi connectivity index (χ4n) is 2.56. The molecule has 3 nitrogen and oxygen atoms in total. The number of nitrogens with one attached hydrogen (secondary N) is 1. The number of furan rings is 1. The molecule has 0 aliphatic rings. The van der Waals surface area contributed by atoms with Crippen LogP contribution in [0.15, 0.2) is 59.0 Å². The number of hydrogen-bond donors (Lipinski definition) is 1. The second-order valence-electron chi connectivity index (χ2n) is 4.97. The number of aryl methyl sites for hydroxylation is 2. The average molecular weight is 279 g/mol. The molecule has 21 heavy (non-hydrogen) atoms. The molecule has 0 saturated carbocycles. The van der Waals surface area contributed by atoms with Crippen molar-refractivity contribution in [3.8, 4) is 0 Å². The second-order valence-corrected chi connectivity index (χ2v) is 4.97. The highest BCUT2D eigenvalue weighted by Crippen LogP contribution is 2.27. The maximum Gasteiger partial charge on any atom is 0.287 e. The molecule has 1 heterocycles. The zero-order valence-corrected chi connectivity index (χ0v) is 11.9. The Morgan fingerprint density at radius 2 is 1.71 bits per heavy atom. The van der Waals surface area contributed by atoms with Gasteiger partial charge in [0.2, 0.25) is 0 Å². The monoisotopic (exact) mass is 279 g/mol. The Bertz CT molecular complexity index is 759. The molecule has 0 unspecified atom stereocenters. The van der Waals surface area contributed by atoms with Gasteiger partial charge in [0.25, 0.3) is 5.91 Å². The van der Waals surface area contributed by atoms with Crippen molar-refractivity contribution >= 4 is 16.9 Å². The molecule has 3 aromatic rings. The Morgan fingerprint density at radius 3 is 2.48 bits per heavy atom. The van der Waals surface area contributed by atoms with E-state index in [1.165, 1.54) is 5.56 Å². The van der Waals surface area contributed by atoms with Gasteiger partial charge in [0.15, 0.2) is 5.76 Å². The molecule has 2 aromatic carbocycles. The van der Waals surface area contributed by atoms with Crippen LogP contribution in [0.1, 0.15) is 21.7 Å². The topological polar surface area (TPSA) is 42.2 Å². The van der Waals surface area contributed by atoms with Crippen molar-refractivity contribution in [2.75, 3.05) is 7.05 Å². The van der Waals surface area contributed by atoms with Crippen LogP contribution < -0.4 is 5.32 Å². The van der Waals surface area contributed by atoms with Crippen LogP contribution in [0.25, 0.3) is 11.0 Å². The van der Waals surface area contributed by atoms with E-state index in [9.17, 15) is 4.79 Å². The molecule has 0 radical (unpaired) electrons. The first-order valence-electron chi connectivity index (χ1n) is 7.06. The van der Waals surface area contributed by atoms with Crippen LogP contribution >= 0.6 is 0 Å². The molecule has 3 heteroatoms. The van der Waals surface area contributed by atoms with E-state index in [0.717, 1.165) is 29.4 Å². The minimum Gasteiger partial charge on any atom is -0.451 e. The molecule has 0 atom stereocenters. The molecule has 1 amide bonds. The summed E-state index contributed by atoms with van der Waals surface area (Å²) in [7, 11) is 1.62. The summed E-state index contributed by atoms with van der Waals surface area (Å²) in [5.74, 6) is 0.254. The molecule has 0 aliphatic carbocycles. The molecular weight excluding hydrogens is 262 g/mol. The highest BCUT2D eigenvalue weighted by molar-refractivity contribution is 5.98. The van der Waals surface area contributed by atoms with E-state index < -0.39 is 0 Å². The molecule has 0 bridgehead atoms. The van der Waals surface area contributed by atoms with Crippen LogP contribution in [0.2, 0.25) is 0 Å². The van der Waals surface area contributed by atoms with E-state index in [0.29, 0.717) is 5.76 Å². The van der Waals surface area contributed by atoms with Gasteiger partial charge in [0.1, 0.15) is 5.58 Å². The van der Waals surface area contributed by atoms with Crippen LogP contribution in [0.4, 0.5) is 0 Å². The Balaban J connectivity index is 1.97. The van der Waals surface area contributed by atoms with E-state index >= 15 is 0 Å². The van der Waals surface area contributed by atoms with Crippen molar-refractivity contribution in [1.82, 2.24) is 5.32 Å². The van der Waals surface area contributed by atoms with Crippen LogP contribution in [-0.2, 0) is 12.8 Å². The van der Waals surface area contributed by atoms with Gasteiger partial charge in [-0.1, -0.05) is 48.5 Å². The SMILES string of the molecule is CNC(=O)c1oc2ccccc2c1CCc1ccccc1. The number of carbonyl (C=O) groups is 1. The third-order valence-electron chi connectivity index (χ3n) is 3.64. The van der Waals surface area contributed by atoms with Gasteiger partial charge < -0.3 is 9.73 Å². The lowest BCUT2D eigenvalue weighted by Gasteiger charge is -2.03. The maximum absolute atomic E-state index is 12.0. The number of rotatable bonds is 4. The zero-order valence-electron chi connectivity index (χ0n) is 11.9. The van der Waals surface area contributed by atoms with Gasteiger partial charge in [-0.2, -0.15) is 0 Å². The Hall–Kier alpha value is -2.55. The molecule has 0 spiro atoms. The van der Waals surface area contributed by atoms with E-state index in [2.05, 4.69) is 17.4 Å². The molecular formula is C18H17NO2. The number of benzene rings is 2. The van der Waals surface area contributed by atoms with E-state index in [1.54, 1.807) is 7.05 Å². The second kappa shape index (κ2) is 5.83. The summed E-state index contributed by atoms with van der Waals surface area (Å²) >= 11 is 0. The van der Waals surface area contributed by atoms with Crippen LogP contribution in [0.5, 0.6) is 0 Å². The minimum absolute atomic E-state index is 0.172. The quantitative estimate of drug-likeness (QED) is 0.793. The van der Waals surface area contributed by atoms with Gasteiger partial charge in [-0.15, -0.1) is 0 Å². The molecule has 3 rings (SSSR count). The summed E-state index contributed by atoms with van der Waals surface area (Å²) in [5, 5.41) is 3.67. The van der Waals surface area contributed by atoms with Crippen molar-refractivity contribution in [1.29, 1.82) is 0 Å². The number of hydrogen-bond acceptors (Lipinski definition) is 2. The van der Waals surface area contributed by atoms with Crippen LogP contribution in [0, 0.1) is 0 Å². The largest absolute Gasteiger partial charge is 0.451 e. The zero-order chi connectivity index (χ0) is 14.7. The summed E-state index contributed by atoms with van der Waals surface area (Å²) in [6.45, 7) is 0. The van der Waals surface area contributed by atoms with Gasteiger partial charge in [-0.3, -0.25) is 4.79 Å². The van der Waals surface area contributed by atoms with Gasteiger partial charge in [-0.05, 0) is 24.5 Å². The lowest BCUT2D eigenvalue weighted by molar-refractivity contribution is 0.0936. The summed E-state index contributed by atoms with van der Waals surface area (Å²) in [4.78, 5) is 12.0. The number of fused-ring (bicyclic) bond motifs is 1. The Labute approximate surface area is 123 Å². The van der Waals surface area contributed by atoms with Crippen molar-refractivity contribution in [2.24, 2.45) is 0 Å². The van der Waals surface area contributed by atoms with Gasteiger partial charge in [0.05, 0.1) is 0 Å². The highest BCUT2D eigenvalue weighted by Gasteiger charge is 2.19. The normalized spacial score (nSPS) is 10.7. The number of para-hydroxylation sites is 1. The van der Waals surface area contributed by atoms with Crippen LogP contribution in [0.3, 0.4) is 0 Å². The molecule has 0 aliphatic heterocycles. The predicted molar refractivity (Wildman–Crippen MR) is 83.5 cm³/mol. The third kappa shape index (κ3) is 2.68. The van der Waals surface area contributed by atoms with Crippen molar-refractivity contribution < 1.29 is 9.21 Å². The molecule has 106 valence electrons. The fraction of sp³-hybridized carbons (Fsp3) is 0.167. The summed E-state index contributed by atoms with van der Waals surface area (Å²) in [5.41, 5.74) is 3.00. The third-order valence-corrected chi connectivity index (χ3v) is 3.64. The van der Waals surface area contributed by atoms with E-state index in [-0.39, 0.29) is 5.91 Å². The number of amides is 1. The van der Waals surface area contributed by atoms with Crippen molar-refractivity contribution in [2.45, 2.75) is 12.8 Å². The lowest BCUT2D eigenvalue weighted by Crippen LogP contribution is -2.18. The first-order valence-corrected chi connectivity index (χ1v) is 7.06. The first kappa shape index (κ1) is 13.4. The van der Waals surface area contributed by atoms with Gasteiger partial charge >= 0.3 is 0 Å². The van der Waals surface area contributed by atoms with Gasteiger partial charge in [0, 0.05) is 18.0 Å². The summed E-state index contributed by atoms with van der Waals surface area (Å²) in [6.07, 6.45) is 1.66. The van der Waals surface area contributed by atoms with Crippen molar-refractivity contribution in [3.05, 3.63) is 71.5 Å². The standard InChI is InChI=1S/C18H17NO2/c1-19-18(20)17-15(12-11-13-7-3-2-4-8-13)14-9-5-6-10-16(14)21-17/h2-10H,11-12H2,1H3,(H,19,20).